The molecule has 1 unspecified atom stereocenters. The fourth-order valence-electron chi connectivity index (χ4n) is 8.90. The maximum atomic E-state index is 6.29. The zero-order chi connectivity index (χ0) is 41.8. The van der Waals surface area contributed by atoms with Gasteiger partial charge in [0.05, 0.1) is 13.7 Å². The third-order valence-electron chi connectivity index (χ3n) is 12.7. The Balaban J connectivity index is 0.000000218. The summed E-state index contributed by atoms with van der Waals surface area (Å²) in [7, 11) is -1.36. The van der Waals surface area contributed by atoms with E-state index in [2.05, 4.69) is 170 Å². The standard InChI is InChI=1S/C34H36NO.C21H28NSi.Ir/c1-20(2)23(7)24-15-16-35-31(18-24)25-11-13-29-30-17-26(12-14-32(30)36-33(29)19-25)34-27(21(3)4)9-8-10-28(34)22(5)6;1-23(2,3)21-16-22-20(18-12-8-5-9-13-18)15-19(21)14-17-10-6-4-7-11-17;/h8-18,20-23H,1-7H3;5,8-9,12,15-17H,4,6-7,10-11,14H2,1-3H3;/q2*-1;. The summed E-state index contributed by atoms with van der Waals surface area (Å²) < 4.78 is 6.29. The molecule has 0 saturated heterocycles. The van der Waals surface area contributed by atoms with Crippen LogP contribution in [0.25, 0.3) is 55.6 Å². The van der Waals surface area contributed by atoms with E-state index >= 15 is 0 Å². The van der Waals surface area contributed by atoms with Crippen LogP contribution in [0.3, 0.4) is 0 Å². The molecule has 5 heteroatoms. The molecule has 3 aromatic heterocycles. The van der Waals surface area contributed by atoms with E-state index in [1.165, 1.54) is 66.3 Å². The first-order valence-corrected chi connectivity index (χ1v) is 25.7. The van der Waals surface area contributed by atoms with E-state index in [1.807, 2.05) is 18.3 Å². The molecule has 0 N–H and O–H groups in total. The molecule has 0 spiro atoms. The monoisotopic (exact) mass is 989 g/mol. The Morgan fingerprint density at radius 3 is 2.08 bits per heavy atom. The van der Waals surface area contributed by atoms with Crippen molar-refractivity contribution >= 4 is 35.2 Å². The molecule has 315 valence electrons. The molecule has 3 nitrogen and oxygen atoms in total. The van der Waals surface area contributed by atoms with Crippen LogP contribution in [0.15, 0.2) is 108 Å². The molecule has 0 aliphatic heterocycles. The van der Waals surface area contributed by atoms with Crippen molar-refractivity contribution in [2.45, 2.75) is 124 Å². The Bertz CT molecular complexity index is 2480. The van der Waals surface area contributed by atoms with Crippen molar-refractivity contribution in [3.05, 3.63) is 138 Å². The predicted octanol–water partition coefficient (Wildman–Crippen LogP) is 15.3. The summed E-state index contributed by atoms with van der Waals surface area (Å²) in [4.78, 5) is 9.42. The number of aromatic nitrogens is 2. The second-order valence-electron chi connectivity index (χ2n) is 19.0. The molecule has 60 heavy (non-hydrogen) atoms. The molecular formula is C55H64IrN2OSi-2. The van der Waals surface area contributed by atoms with E-state index in [0.717, 1.165) is 50.4 Å². The van der Waals surface area contributed by atoms with E-state index in [-0.39, 0.29) is 20.1 Å². The fraction of sp³-hybridized carbons (Fsp3) is 0.382. The summed E-state index contributed by atoms with van der Waals surface area (Å²) in [6, 6.07) is 39.3. The average Bonchev–Trinajstić information content (AvgIpc) is 3.61. The maximum absolute atomic E-state index is 6.29. The minimum atomic E-state index is -1.36. The molecule has 3 heterocycles. The van der Waals surface area contributed by atoms with Gasteiger partial charge in [-0.2, -0.15) is 0 Å². The molecule has 7 aromatic rings. The van der Waals surface area contributed by atoms with Gasteiger partial charge in [-0.15, -0.1) is 53.6 Å². The van der Waals surface area contributed by atoms with Gasteiger partial charge in [-0.3, -0.25) is 0 Å². The van der Waals surface area contributed by atoms with Crippen molar-refractivity contribution in [3.8, 4) is 33.6 Å². The van der Waals surface area contributed by atoms with Gasteiger partial charge in [-0.1, -0.05) is 165 Å². The van der Waals surface area contributed by atoms with E-state index in [1.54, 1.807) is 10.8 Å². The Kier molecular flexibility index (Phi) is 14.9. The first-order chi connectivity index (χ1) is 28.3. The zero-order valence-electron chi connectivity index (χ0n) is 37.6. The molecule has 1 saturated carbocycles. The van der Waals surface area contributed by atoms with Crippen LogP contribution in [0.1, 0.15) is 121 Å². The summed E-state index contributed by atoms with van der Waals surface area (Å²) in [6.45, 7) is 23.2. The minimum Gasteiger partial charge on any atom is -0.477 e. The van der Waals surface area contributed by atoms with Crippen LogP contribution < -0.4 is 5.19 Å². The number of fused-ring (bicyclic) bond motifs is 3. The molecule has 1 atom stereocenters. The number of nitrogens with zero attached hydrogens (tertiary/aromatic N) is 2. The summed E-state index contributed by atoms with van der Waals surface area (Å²) in [5.41, 5.74) is 14.0. The molecule has 4 aromatic carbocycles. The van der Waals surface area contributed by atoms with E-state index < -0.39 is 8.07 Å². The third kappa shape index (κ3) is 10.3. The Morgan fingerprint density at radius 2 is 1.43 bits per heavy atom. The number of pyridine rings is 2. The summed E-state index contributed by atoms with van der Waals surface area (Å²) >= 11 is 0. The largest absolute Gasteiger partial charge is 0.477 e. The van der Waals surface area contributed by atoms with Crippen LogP contribution in [0.5, 0.6) is 0 Å². The van der Waals surface area contributed by atoms with Crippen LogP contribution in [0, 0.1) is 24.0 Å². The van der Waals surface area contributed by atoms with Gasteiger partial charge < -0.3 is 14.4 Å². The summed E-state index contributed by atoms with van der Waals surface area (Å²) in [5, 5.41) is 3.77. The number of rotatable bonds is 10. The van der Waals surface area contributed by atoms with Gasteiger partial charge in [-0.05, 0) is 92.4 Å². The normalized spacial score (nSPS) is 14.1. The summed E-state index contributed by atoms with van der Waals surface area (Å²) in [6.07, 6.45) is 12.4. The van der Waals surface area contributed by atoms with Crippen LogP contribution in [-0.4, -0.2) is 18.0 Å². The molecule has 1 radical (unpaired) electrons. The molecule has 0 amide bonds. The van der Waals surface area contributed by atoms with E-state index in [4.69, 9.17) is 9.40 Å². The van der Waals surface area contributed by atoms with Gasteiger partial charge in [-0.25, -0.2) is 0 Å². The van der Waals surface area contributed by atoms with Gasteiger partial charge in [0.1, 0.15) is 5.58 Å². The Hall–Kier alpha value is -4.15. The van der Waals surface area contributed by atoms with E-state index in [9.17, 15) is 0 Å². The van der Waals surface area contributed by atoms with Crippen molar-refractivity contribution in [1.82, 2.24) is 9.97 Å². The van der Waals surface area contributed by atoms with Crippen molar-refractivity contribution in [1.29, 1.82) is 0 Å². The average molecular weight is 989 g/mol. The molecule has 8 rings (SSSR count). The van der Waals surface area contributed by atoms with Gasteiger partial charge in [0.2, 0.25) is 0 Å². The van der Waals surface area contributed by atoms with Crippen molar-refractivity contribution in [2.75, 3.05) is 0 Å². The molecular weight excluding hydrogens is 925 g/mol. The quantitative estimate of drug-likeness (QED) is 0.101. The number of hydrogen-bond acceptors (Lipinski definition) is 3. The molecule has 1 aliphatic carbocycles. The predicted molar refractivity (Wildman–Crippen MR) is 254 cm³/mol. The van der Waals surface area contributed by atoms with Crippen LogP contribution >= 0.6 is 0 Å². The van der Waals surface area contributed by atoms with Gasteiger partial charge in [0.25, 0.3) is 0 Å². The van der Waals surface area contributed by atoms with Crippen LogP contribution in [0.4, 0.5) is 0 Å². The maximum Gasteiger partial charge on any atom is 0.123 e. The smallest absolute Gasteiger partial charge is 0.123 e. The third-order valence-corrected chi connectivity index (χ3v) is 14.7. The SMILES string of the molecule is CC(C)c1cccc(C(C)C)c1-c1ccc2oc3[c-]c(-c4cc(C(C)C(C)C)ccn4)ccc3c2c1.C[Si](C)(C)c1cnc(-c2[c-]cccc2)cc1CC1CCCCC1.[Ir]. The fourth-order valence-corrected chi connectivity index (χ4v) is 10.5. The first kappa shape index (κ1) is 45.4. The molecule has 1 aliphatic rings. The van der Waals surface area contributed by atoms with Gasteiger partial charge in [0.15, 0.2) is 0 Å². The molecule has 0 bridgehead atoms. The van der Waals surface area contributed by atoms with E-state index in [0.29, 0.717) is 23.7 Å². The van der Waals surface area contributed by atoms with Crippen molar-refractivity contribution < 1.29 is 24.5 Å². The Labute approximate surface area is 375 Å². The number of benzene rings is 4. The van der Waals surface area contributed by atoms with Crippen molar-refractivity contribution in [3.63, 3.8) is 0 Å². The summed E-state index contributed by atoms with van der Waals surface area (Å²) in [5.74, 6) is 2.83. The van der Waals surface area contributed by atoms with Crippen molar-refractivity contribution in [2.24, 2.45) is 11.8 Å². The van der Waals surface area contributed by atoms with Gasteiger partial charge >= 0.3 is 0 Å². The zero-order valence-corrected chi connectivity index (χ0v) is 41.0. The number of hydrogen-bond donors (Lipinski definition) is 0. The topological polar surface area (TPSA) is 38.9 Å². The Morgan fingerprint density at radius 1 is 0.717 bits per heavy atom. The second-order valence-corrected chi connectivity index (χ2v) is 24.1. The van der Waals surface area contributed by atoms with Crippen LogP contribution in [0.2, 0.25) is 19.6 Å². The first-order valence-electron chi connectivity index (χ1n) is 22.2. The minimum absolute atomic E-state index is 0. The van der Waals surface area contributed by atoms with Gasteiger partial charge in [0, 0.05) is 32.5 Å². The molecule has 1 fully saturated rings. The second kappa shape index (κ2) is 19.7. The van der Waals surface area contributed by atoms with Crippen LogP contribution in [-0.2, 0) is 26.5 Å². The number of furan rings is 1.